The topological polar surface area (TPSA) is 75.5 Å². The molecule has 0 saturated heterocycles. The van der Waals surface area contributed by atoms with Gasteiger partial charge in [0.2, 0.25) is 15.9 Å². The first-order chi connectivity index (χ1) is 14.2. The van der Waals surface area contributed by atoms with Gasteiger partial charge >= 0.3 is 0 Å². The van der Waals surface area contributed by atoms with Crippen LogP contribution in [0.1, 0.15) is 52.8 Å². The minimum atomic E-state index is -3.51. The number of carbonyl (C=O) groups excluding carboxylic acids is 1. The number of hydrogen-bond donors (Lipinski definition) is 0. The third-order valence-electron chi connectivity index (χ3n) is 5.82. The fraction of sp³-hybridized carbons (Fsp3) is 0.636. The van der Waals surface area contributed by atoms with E-state index in [1.165, 1.54) is 18.4 Å². The number of hydrogen-bond acceptors (Lipinski definition) is 4. The van der Waals surface area contributed by atoms with Crippen molar-refractivity contribution in [2.24, 2.45) is 5.92 Å². The molecule has 1 aromatic carbocycles. The van der Waals surface area contributed by atoms with Gasteiger partial charge in [-0.3, -0.25) is 4.79 Å². The number of carbonyl (C=O) groups is 1. The van der Waals surface area contributed by atoms with E-state index in [1.54, 1.807) is 18.2 Å². The molecule has 0 N–H and O–H groups in total. The molecule has 7 nitrogen and oxygen atoms in total. The lowest BCUT2D eigenvalue weighted by molar-refractivity contribution is -0.131. The van der Waals surface area contributed by atoms with E-state index in [4.69, 9.17) is 0 Å². The predicted molar refractivity (Wildman–Crippen MR) is 121 cm³/mol. The van der Waals surface area contributed by atoms with E-state index >= 15 is 0 Å². The van der Waals surface area contributed by atoms with Crippen molar-refractivity contribution >= 4 is 27.0 Å². The number of amides is 1. The quantitative estimate of drug-likeness (QED) is 0.540. The second-order valence-electron chi connectivity index (χ2n) is 7.83. The van der Waals surface area contributed by atoms with Crippen LogP contribution in [0.4, 0.5) is 0 Å². The van der Waals surface area contributed by atoms with Crippen LogP contribution in [0.3, 0.4) is 0 Å². The van der Waals surface area contributed by atoms with Crippen molar-refractivity contribution in [3.8, 4) is 0 Å². The van der Waals surface area contributed by atoms with E-state index in [9.17, 15) is 13.2 Å². The molecular formula is C22H36N4O3S. The number of benzene rings is 1. The van der Waals surface area contributed by atoms with Crippen LogP contribution in [0.25, 0.3) is 11.0 Å². The summed E-state index contributed by atoms with van der Waals surface area (Å²) in [5.74, 6) is 1.50. The van der Waals surface area contributed by atoms with Gasteiger partial charge in [0.1, 0.15) is 5.82 Å². The molecule has 0 aliphatic rings. The van der Waals surface area contributed by atoms with Gasteiger partial charge in [0.15, 0.2) is 0 Å². The summed E-state index contributed by atoms with van der Waals surface area (Å²) < 4.78 is 28.1. The van der Waals surface area contributed by atoms with Crippen molar-refractivity contribution in [3.63, 3.8) is 0 Å². The molecule has 0 unspecified atom stereocenters. The Morgan fingerprint density at radius 1 is 1.13 bits per heavy atom. The van der Waals surface area contributed by atoms with Gasteiger partial charge in [-0.2, -0.15) is 0 Å². The number of rotatable bonds is 11. The van der Waals surface area contributed by atoms with Gasteiger partial charge in [-0.05, 0) is 38.0 Å². The summed E-state index contributed by atoms with van der Waals surface area (Å²) in [5.41, 5.74) is 1.54. The minimum absolute atomic E-state index is 0.148. The highest BCUT2D eigenvalue weighted by molar-refractivity contribution is 7.89. The van der Waals surface area contributed by atoms with Crippen molar-refractivity contribution in [2.45, 2.75) is 64.8 Å². The molecule has 0 aliphatic carbocycles. The minimum Gasteiger partial charge on any atom is -0.343 e. The van der Waals surface area contributed by atoms with Gasteiger partial charge in [-0.15, -0.1) is 0 Å². The van der Waals surface area contributed by atoms with Gasteiger partial charge in [0, 0.05) is 46.6 Å². The zero-order valence-electron chi connectivity index (χ0n) is 19.2. The second-order valence-corrected chi connectivity index (χ2v) is 9.98. The van der Waals surface area contributed by atoms with Gasteiger partial charge in [-0.25, -0.2) is 17.7 Å². The molecular weight excluding hydrogens is 400 g/mol. The van der Waals surface area contributed by atoms with Crippen LogP contribution < -0.4 is 0 Å². The maximum Gasteiger partial charge on any atom is 0.242 e. The van der Waals surface area contributed by atoms with E-state index < -0.39 is 10.0 Å². The van der Waals surface area contributed by atoms with E-state index in [2.05, 4.69) is 23.4 Å². The fourth-order valence-electron chi connectivity index (χ4n) is 3.72. The molecule has 2 aromatic rings. The lowest BCUT2D eigenvalue weighted by Crippen LogP contribution is -2.35. The zero-order chi connectivity index (χ0) is 22.5. The lowest BCUT2D eigenvalue weighted by atomic mass is 10.0. The first-order valence-corrected chi connectivity index (χ1v) is 12.3. The van der Waals surface area contributed by atoms with Crippen molar-refractivity contribution in [3.05, 3.63) is 24.0 Å². The molecule has 0 saturated carbocycles. The van der Waals surface area contributed by atoms with Crippen LogP contribution in [-0.2, 0) is 27.8 Å². The Kier molecular flexibility index (Phi) is 8.43. The SMILES string of the molecule is CCC(CC)CN(CC)C(=O)CCc1nc2cc(S(=O)(=O)N(C)C)ccc2n1CC. The van der Waals surface area contributed by atoms with Crippen molar-refractivity contribution in [1.82, 2.24) is 18.8 Å². The molecule has 0 spiro atoms. The van der Waals surface area contributed by atoms with E-state index in [0.717, 1.165) is 30.7 Å². The maximum absolute atomic E-state index is 12.8. The molecule has 1 heterocycles. The lowest BCUT2D eigenvalue weighted by Gasteiger charge is -2.25. The van der Waals surface area contributed by atoms with Crippen LogP contribution >= 0.6 is 0 Å². The summed E-state index contributed by atoms with van der Waals surface area (Å²) in [7, 11) is -0.480. The number of aryl methyl sites for hydroxylation is 2. The number of nitrogens with zero attached hydrogens (tertiary/aromatic N) is 4. The summed E-state index contributed by atoms with van der Waals surface area (Å²) in [4.78, 5) is 19.6. The van der Waals surface area contributed by atoms with Crippen LogP contribution in [-0.4, -0.2) is 60.3 Å². The molecule has 0 bridgehead atoms. The maximum atomic E-state index is 12.8. The molecule has 8 heteroatoms. The summed E-state index contributed by atoms with van der Waals surface area (Å²) in [6, 6.07) is 5.04. The smallest absolute Gasteiger partial charge is 0.242 e. The van der Waals surface area contributed by atoms with E-state index in [0.29, 0.717) is 37.4 Å². The standard InChI is InChI=1S/C22H36N4O3S/c1-7-17(8-2)16-25(9-3)22(27)14-13-21-23-19-15-18(30(28,29)24(5)6)11-12-20(19)26(21)10-4/h11-12,15,17H,7-10,13-14,16H2,1-6H3. The highest BCUT2D eigenvalue weighted by atomic mass is 32.2. The average Bonchev–Trinajstić information content (AvgIpc) is 3.09. The molecule has 168 valence electrons. The van der Waals surface area contributed by atoms with E-state index in [1.807, 2.05) is 18.7 Å². The molecule has 2 rings (SSSR count). The molecule has 0 atom stereocenters. The number of imidazole rings is 1. The summed E-state index contributed by atoms with van der Waals surface area (Å²) in [6.07, 6.45) is 3.09. The Balaban J connectivity index is 2.24. The van der Waals surface area contributed by atoms with Crippen molar-refractivity contribution < 1.29 is 13.2 Å². The van der Waals surface area contributed by atoms with Gasteiger partial charge in [0.05, 0.1) is 15.9 Å². The van der Waals surface area contributed by atoms with Crippen LogP contribution in [0.15, 0.2) is 23.1 Å². The Morgan fingerprint density at radius 3 is 2.33 bits per heavy atom. The highest BCUT2D eigenvalue weighted by Crippen LogP contribution is 2.23. The fourth-order valence-corrected chi connectivity index (χ4v) is 4.64. The zero-order valence-corrected chi connectivity index (χ0v) is 20.0. The van der Waals surface area contributed by atoms with Crippen LogP contribution in [0.5, 0.6) is 0 Å². The van der Waals surface area contributed by atoms with Crippen LogP contribution in [0.2, 0.25) is 0 Å². The third kappa shape index (κ3) is 5.21. The number of sulfonamides is 1. The number of aromatic nitrogens is 2. The normalized spacial score (nSPS) is 12.3. The molecule has 0 fully saturated rings. The van der Waals surface area contributed by atoms with Gasteiger partial charge in [-0.1, -0.05) is 26.7 Å². The molecule has 30 heavy (non-hydrogen) atoms. The molecule has 0 radical (unpaired) electrons. The Morgan fingerprint density at radius 2 is 1.80 bits per heavy atom. The molecule has 1 aromatic heterocycles. The summed E-state index contributed by atoms with van der Waals surface area (Å²) in [6.45, 7) is 10.6. The van der Waals surface area contributed by atoms with E-state index in [-0.39, 0.29) is 10.8 Å². The second kappa shape index (κ2) is 10.4. The van der Waals surface area contributed by atoms with Crippen molar-refractivity contribution in [2.75, 3.05) is 27.2 Å². The predicted octanol–water partition coefficient (Wildman–Crippen LogP) is 3.52. The number of fused-ring (bicyclic) bond motifs is 1. The Hall–Kier alpha value is -1.93. The third-order valence-corrected chi connectivity index (χ3v) is 7.63. The van der Waals surface area contributed by atoms with Crippen LogP contribution in [0, 0.1) is 5.92 Å². The average molecular weight is 437 g/mol. The van der Waals surface area contributed by atoms with Gasteiger partial charge in [0.25, 0.3) is 0 Å². The molecule has 1 amide bonds. The van der Waals surface area contributed by atoms with Gasteiger partial charge < -0.3 is 9.47 Å². The largest absolute Gasteiger partial charge is 0.343 e. The Bertz CT molecular complexity index is 962. The first kappa shape index (κ1) is 24.3. The Labute approximate surface area is 181 Å². The molecule has 0 aliphatic heterocycles. The summed E-state index contributed by atoms with van der Waals surface area (Å²) in [5, 5.41) is 0. The highest BCUT2D eigenvalue weighted by Gasteiger charge is 2.21. The van der Waals surface area contributed by atoms with Crippen molar-refractivity contribution in [1.29, 1.82) is 0 Å². The first-order valence-electron chi connectivity index (χ1n) is 10.9. The monoisotopic (exact) mass is 436 g/mol. The summed E-state index contributed by atoms with van der Waals surface area (Å²) >= 11 is 0.